The standard InChI is InChI=1S/C14H18BrNO3/c1-18-6-7-19-13-4-2-12(3-5-13)16-10-11(9-15)8-14(16)17/h2-5,11H,6-10H2,1H3. The van der Waals surface area contributed by atoms with Crippen LogP contribution < -0.4 is 9.64 Å². The predicted molar refractivity (Wildman–Crippen MR) is 78.1 cm³/mol. The largest absolute Gasteiger partial charge is 0.491 e. The number of hydrogen-bond donors (Lipinski definition) is 0. The first-order valence-electron chi connectivity index (χ1n) is 6.32. The number of methoxy groups -OCH3 is 1. The summed E-state index contributed by atoms with van der Waals surface area (Å²) >= 11 is 3.44. The second-order valence-electron chi connectivity index (χ2n) is 4.56. The van der Waals surface area contributed by atoms with Crippen molar-refractivity contribution < 1.29 is 14.3 Å². The first-order chi connectivity index (χ1) is 9.24. The second-order valence-corrected chi connectivity index (χ2v) is 5.21. The third-order valence-corrected chi connectivity index (χ3v) is 4.04. The summed E-state index contributed by atoms with van der Waals surface area (Å²) in [6.07, 6.45) is 0.622. The van der Waals surface area contributed by atoms with Crippen molar-refractivity contribution in [1.29, 1.82) is 0 Å². The van der Waals surface area contributed by atoms with E-state index in [2.05, 4.69) is 15.9 Å². The number of rotatable bonds is 6. The van der Waals surface area contributed by atoms with Crippen molar-refractivity contribution in [2.45, 2.75) is 6.42 Å². The second kappa shape index (κ2) is 6.91. The quantitative estimate of drug-likeness (QED) is 0.595. The van der Waals surface area contributed by atoms with Crippen LogP contribution in [0.1, 0.15) is 6.42 Å². The zero-order valence-corrected chi connectivity index (χ0v) is 12.6. The molecule has 0 bridgehead atoms. The minimum atomic E-state index is 0.192. The van der Waals surface area contributed by atoms with Gasteiger partial charge < -0.3 is 14.4 Å². The van der Waals surface area contributed by atoms with Gasteiger partial charge in [-0.1, -0.05) is 15.9 Å². The highest BCUT2D eigenvalue weighted by Gasteiger charge is 2.29. The minimum absolute atomic E-state index is 0.192. The zero-order chi connectivity index (χ0) is 13.7. The van der Waals surface area contributed by atoms with Gasteiger partial charge in [0.2, 0.25) is 5.91 Å². The van der Waals surface area contributed by atoms with Crippen molar-refractivity contribution in [3.05, 3.63) is 24.3 Å². The number of carbonyl (C=O) groups excluding carboxylic acids is 1. The van der Waals surface area contributed by atoms with Gasteiger partial charge in [0, 0.05) is 31.1 Å². The molecular formula is C14H18BrNO3. The fourth-order valence-corrected chi connectivity index (χ4v) is 2.53. The molecule has 0 N–H and O–H groups in total. The molecule has 1 aromatic rings. The molecule has 1 saturated heterocycles. The van der Waals surface area contributed by atoms with Crippen molar-refractivity contribution in [2.75, 3.05) is 37.1 Å². The van der Waals surface area contributed by atoms with Crippen LogP contribution in [-0.2, 0) is 9.53 Å². The summed E-state index contributed by atoms with van der Waals surface area (Å²) in [6.45, 7) is 1.89. The smallest absolute Gasteiger partial charge is 0.227 e. The van der Waals surface area contributed by atoms with E-state index in [-0.39, 0.29) is 5.91 Å². The van der Waals surface area contributed by atoms with Crippen LogP contribution in [-0.4, -0.2) is 38.1 Å². The van der Waals surface area contributed by atoms with Gasteiger partial charge >= 0.3 is 0 Å². The van der Waals surface area contributed by atoms with E-state index < -0.39 is 0 Å². The Bertz CT molecular complexity index is 421. The minimum Gasteiger partial charge on any atom is -0.491 e. The summed E-state index contributed by atoms with van der Waals surface area (Å²) in [5.41, 5.74) is 0.938. The van der Waals surface area contributed by atoms with E-state index in [9.17, 15) is 4.79 Å². The summed E-state index contributed by atoms with van der Waals surface area (Å²) in [5.74, 6) is 1.40. The van der Waals surface area contributed by atoms with Gasteiger partial charge in [-0.05, 0) is 30.2 Å². The van der Waals surface area contributed by atoms with E-state index in [0.29, 0.717) is 25.6 Å². The van der Waals surface area contributed by atoms with E-state index in [1.54, 1.807) is 7.11 Å². The van der Waals surface area contributed by atoms with E-state index in [1.165, 1.54) is 0 Å². The van der Waals surface area contributed by atoms with Gasteiger partial charge in [-0.3, -0.25) is 4.79 Å². The van der Waals surface area contributed by atoms with Crippen molar-refractivity contribution in [2.24, 2.45) is 5.92 Å². The highest BCUT2D eigenvalue weighted by molar-refractivity contribution is 9.09. The van der Waals surface area contributed by atoms with Crippen LogP contribution in [0.4, 0.5) is 5.69 Å². The maximum Gasteiger partial charge on any atom is 0.227 e. The van der Waals surface area contributed by atoms with Crippen molar-refractivity contribution in [3.63, 3.8) is 0 Å². The Morgan fingerprint density at radius 3 is 2.63 bits per heavy atom. The molecule has 1 fully saturated rings. The van der Waals surface area contributed by atoms with E-state index >= 15 is 0 Å². The van der Waals surface area contributed by atoms with Crippen molar-refractivity contribution >= 4 is 27.5 Å². The molecule has 1 unspecified atom stereocenters. The van der Waals surface area contributed by atoms with Gasteiger partial charge in [-0.25, -0.2) is 0 Å². The summed E-state index contributed by atoms with van der Waals surface area (Å²) in [5, 5.41) is 0.869. The Hall–Kier alpha value is -1.07. The van der Waals surface area contributed by atoms with E-state index in [1.807, 2.05) is 29.2 Å². The summed E-state index contributed by atoms with van der Waals surface area (Å²) in [4.78, 5) is 13.7. The molecule has 4 nitrogen and oxygen atoms in total. The highest BCUT2D eigenvalue weighted by atomic mass is 79.9. The first kappa shape index (κ1) is 14.3. The summed E-state index contributed by atoms with van der Waals surface area (Å²) in [6, 6.07) is 7.63. The van der Waals surface area contributed by atoms with Crippen LogP contribution in [0, 0.1) is 5.92 Å². The Morgan fingerprint density at radius 2 is 2.05 bits per heavy atom. The predicted octanol–water partition coefficient (Wildman–Crippen LogP) is 2.46. The molecule has 0 saturated carbocycles. The molecule has 1 atom stereocenters. The lowest BCUT2D eigenvalue weighted by Gasteiger charge is -2.17. The van der Waals surface area contributed by atoms with Crippen LogP contribution >= 0.6 is 15.9 Å². The molecule has 0 spiro atoms. The molecule has 0 aromatic heterocycles. The number of ether oxygens (including phenoxy) is 2. The average Bonchev–Trinajstić information content (AvgIpc) is 2.81. The van der Waals surface area contributed by atoms with Crippen LogP contribution in [0.25, 0.3) is 0 Å². The van der Waals surface area contributed by atoms with Gasteiger partial charge in [-0.2, -0.15) is 0 Å². The maximum absolute atomic E-state index is 11.9. The normalized spacial score (nSPS) is 18.9. The molecule has 104 valence electrons. The number of carbonyl (C=O) groups is 1. The van der Waals surface area contributed by atoms with E-state index in [4.69, 9.17) is 9.47 Å². The lowest BCUT2D eigenvalue weighted by Crippen LogP contribution is -2.24. The zero-order valence-electron chi connectivity index (χ0n) is 11.0. The molecular weight excluding hydrogens is 310 g/mol. The monoisotopic (exact) mass is 327 g/mol. The Kier molecular flexibility index (Phi) is 5.22. The van der Waals surface area contributed by atoms with Crippen molar-refractivity contribution in [3.8, 4) is 5.75 Å². The number of alkyl halides is 1. The average molecular weight is 328 g/mol. The lowest BCUT2D eigenvalue weighted by molar-refractivity contribution is -0.117. The van der Waals surface area contributed by atoms with Gasteiger partial charge in [0.15, 0.2) is 0 Å². The van der Waals surface area contributed by atoms with Gasteiger partial charge in [0.25, 0.3) is 0 Å². The number of amides is 1. The van der Waals surface area contributed by atoms with Crippen LogP contribution in [0.5, 0.6) is 5.75 Å². The molecule has 0 radical (unpaired) electrons. The first-order valence-corrected chi connectivity index (χ1v) is 7.45. The third-order valence-electron chi connectivity index (χ3n) is 3.13. The maximum atomic E-state index is 11.9. The Balaban J connectivity index is 1.96. The van der Waals surface area contributed by atoms with Crippen LogP contribution in [0.3, 0.4) is 0 Å². The number of nitrogens with zero attached hydrogens (tertiary/aromatic N) is 1. The molecule has 1 amide bonds. The SMILES string of the molecule is COCCOc1ccc(N2CC(CBr)CC2=O)cc1. The van der Waals surface area contributed by atoms with Crippen molar-refractivity contribution in [1.82, 2.24) is 0 Å². The molecule has 1 aromatic carbocycles. The topological polar surface area (TPSA) is 38.8 Å². The number of halogens is 1. The molecule has 1 aliphatic heterocycles. The highest BCUT2D eigenvalue weighted by Crippen LogP contribution is 2.27. The molecule has 19 heavy (non-hydrogen) atoms. The molecule has 5 heteroatoms. The lowest BCUT2D eigenvalue weighted by atomic mass is 10.2. The molecule has 1 aliphatic rings. The molecule has 1 heterocycles. The van der Waals surface area contributed by atoms with E-state index in [0.717, 1.165) is 23.3 Å². The third kappa shape index (κ3) is 3.70. The van der Waals surface area contributed by atoms with Gasteiger partial charge in [0.05, 0.1) is 6.61 Å². The fourth-order valence-electron chi connectivity index (χ4n) is 2.10. The van der Waals surface area contributed by atoms with Gasteiger partial charge in [-0.15, -0.1) is 0 Å². The van der Waals surface area contributed by atoms with Crippen LogP contribution in [0.2, 0.25) is 0 Å². The number of hydrogen-bond acceptors (Lipinski definition) is 3. The molecule has 0 aliphatic carbocycles. The summed E-state index contributed by atoms with van der Waals surface area (Å²) in [7, 11) is 1.64. The number of benzene rings is 1. The number of anilines is 1. The fraction of sp³-hybridized carbons (Fsp3) is 0.500. The summed E-state index contributed by atoms with van der Waals surface area (Å²) < 4.78 is 10.4. The Morgan fingerprint density at radius 1 is 1.32 bits per heavy atom. The van der Waals surface area contributed by atoms with Gasteiger partial charge in [0.1, 0.15) is 12.4 Å². The molecule has 2 rings (SSSR count). The van der Waals surface area contributed by atoms with Crippen LogP contribution in [0.15, 0.2) is 24.3 Å². The Labute approximate surface area is 121 Å².